The number of fused-ring (bicyclic) bond motifs is 3. The summed E-state index contributed by atoms with van der Waals surface area (Å²) in [6, 6.07) is 18.1. The molecule has 5 heteroatoms. The van der Waals surface area contributed by atoms with Gasteiger partial charge in [0, 0.05) is 4.88 Å². The molecule has 1 aliphatic heterocycles. The molecule has 0 unspecified atom stereocenters. The van der Waals surface area contributed by atoms with Gasteiger partial charge in [-0.1, -0.05) is 63.2 Å². The normalized spacial score (nSPS) is 20.0. The van der Waals surface area contributed by atoms with Crippen LogP contribution in [0.1, 0.15) is 65.3 Å². The SMILES string of the molecule is CC(C)(C)[C@@H]1CCc2c(sc3c2C(=O)N[C@@H](c2cccc(OCc4ccccc4)c2)N3)C1. The summed E-state index contributed by atoms with van der Waals surface area (Å²) < 4.78 is 5.99. The second kappa shape index (κ2) is 8.28. The van der Waals surface area contributed by atoms with Gasteiger partial charge in [0.1, 0.15) is 23.5 Å². The van der Waals surface area contributed by atoms with E-state index in [1.54, 1.807) is 11.3 Å². The van der Waals surface area contributed by atoms with E-state index in [-0.39, 0.29) is 12.1 Å². The average molecular weight is 447 g/mol. The summed E-state index contributed by atoms with van der Waals surface area (Å²) in [4.78, 5) is 14.5. The molecule has 2 N–H and O–H groups in total. The van der Waals surface area contributed by atoms with Crippen LogP contribution in [0.25, 0.3) is 0 Å². The molecular weight excluding hydrogens is 416 g/mol. The summed E-state index contributed by atoms with van der Waals surface area (Å²) in [5.41, 5.74) is 4.54. The molecular formula is C27H30N2O2S. The number of nitrogens with one attached hydrogen (secondary N) is 2. The van der Waals surface area contributed by atoms with Gasteiger partial charge in [-0.3, -0.25) is 4.79 Å². The zero-order valence-electron chi connectivity index (χ0n) is 18.9. The van der Waals surface area contributed by atoms with Crippen molar-refractivity contribution in [1.82, 2.24) is 5.32 Å². The summed E-state index contributed by atoms with van der Waals surface area (Å²) in [6.45, 7) is 7.49. The zero-order chi connectivity index (χ0) is 22.3. The van der Waals surface area contributed by atoms with E-state index in [1.807, 2.05) is 42.5 Å². The van der Waals surface area contributed by atoms with Crippen LogP contribution in [0.4, 0.5) is 5.00 Å². The van der Waals surface area contributed by atoms with Gasteiger partial charge < -0.3 is 15.4 Å². The topological polar surface area (TPSA) is 50.4 Å². The van der Waals surface area contributed by atoms with Gasteiger partial charge in [-0.05, 0) is 59.4 Å². The van der Waals surface area contributed by atoms with E-state index in [4.69, 9.17) is 4.74 Å². The van der Waals surface area contributed by atoms with E-state index >= 15 is 0 Å². The van der Waals surface area contributed by atoms with Crippen molar-refractivity contribution in [2.24, 2.45) is 11.3 Å². The Hall–Kier alpha value is -2.79. The Morgan fingerprint density at radius 2 is 1.88 bits per heavy atom. The minimum Gasteiger partial charge on any atom is -0.489 e. The Bertz CT molecular complexity index is 1130. The van der Waals surface area contributed by atoms with E-state index in [0.717, 1.165) is 46.7 Å². The summed E-state index contributed by atoms with van der Waals surface area (Å²) in [7, 11) is 0. The Morgan fingerprint density at radius 3 is 2.66 bits per heavy atom. The Morgan fingerprint density at radius 1 is 1.06 bits per heavy atom. The van der Waals surface area contributed by atoms with E-state index < -0.39 is 0 Å². The van der Waals surface area contributed by atoms with Crippen LogP contribution < -0.4 is 15.4 Å². The Balaban J connectivity index is 1.34. The van der Waals surface area contributed by atoms with Gasteiger partial charge >= 0.3 is 0 Å². The van der Waals surface area contributed by atoms with Gasteiger partial charge in [0.25, 0.3) is 5.91 Å². The molecule has 4 nitrogen and oxygen atoms in total. The number of carbonyl (C=O) groups excluding carboxylic acids is 1. The minimum atomic E-state index is -0.256. The van der Waals surface area contributed by atoms with Gasteiger partial charge in [0.15, 0.2) is 0 Å². The van der Waals surface area contributed by atoms with Gasteiger partial charge in [0.05, 0.1) is 5.56 Å². The van der Waals surface area contributed by atoms with Crippen LogP contribution in [0.3, 0.4) is 0 Å². The van der Waals surface area contributed by atoms with Crippen LogP contribution in [-0.4, -0.2) is 5.91 Å². The molecule has 166 valence electrons. The highest BCUT2D eigenvalue weighted by atomic mass is 32.1. The molecule has 1 aromatic heterocycles. The van der Waals surface area contributed by atoms with Crippen molar-refractivity contribution in [3.63, 3.8) is 0 Å². The van der Waals surface area contributed by atoms with Gasteiger partial charge in [0.2, 0.25) is 0 Å². The van der Waals surface area contributed by atoms with E-state index in [9.17, 15) is 4.79 Å². The van der Waals surface area contributed by atoms with Crippen molar-refractivity contribution >= 4 is 22.2 Å². The molecule has 0 spiro atoms. The lowest BCUT2D eigenvalue weighted by molar-refractivity contribution is 0.0934. The first-order chi connectivity index (χ1) is 15.4. The molecule has 1 amide bonds. The predicted octanol–water partition coefficient (Wildman–Crippen LogP) is 6.33. The first-order valence-corrected chi connectivity index (χ1v) is 12.2. The molecule has 2 atom stereocenters. The van der Waals surface area contributed by atoms with Crippen molar-refractivity contribution in [3.8, 4) is 5.75 Å². The molecule has 5 rings (SSSR count). The highest BCUT2D eigenvalue weighted by Crippen LogP contribution is 2.46. The highest BCUT2D eigenvalue weighted by Gasteiger charge is 2.36. The number of ether oxygens (including phenoxy) is 1. The highest BCUT2D eigenvalue weighted by molar-refractivity contribution is 7.16. The first-order valence-electron chi connectivity index (χ1n) is 11.4. The summed E-state index contributed by atoms with van der Waals surface area (Å²) in [5, 5.41) is 7.76. The minimum absolute atomic E-state index is 0.0334. The van der Waals surface area contributed by atoms with E-state index in [0.29, 0.717) is 17.9 Å². The maximum absolute atomic E-state index is 13.1. The number of benzene rings is 2. The maximum Gasteiger partial charge on any atom is 0.256 e. The third-order valence-electron chi connectivity index (χ3n) is 6.71. The van der Waals surface area contributed by atoms with Gasteiger partial charge in [-0.15, -0.1) is 11.3 Å². The first kappa shape index (κ1) is 21.1. The lowest BCUT2D eigenvalue weighted by Gasteiger charge is -2.34. The summed E-state index contributed by atoms with van der Waals surface area (Å²) in [6.07, 6.45) is 2.95. The van der Waals surface area contributed by atoms with E-state index in [1.165, 1.54) is 10.4 Å². The third kappa shape index (κ3) is 4.14. The molecule has 1 aliphatic carbocycles. The number of rotatable bonds is 4. The Labute approximate surface area is 194 Å². The number of carbonyl (C=O) groups is 1. The molecule has 0 saturated carbocycles. The number of anilines is 1. The standard InChI is InChI=1S/C27H30N2O2S/c1-27(2,3)19-12-13-21-22(15-19)32-26-23(21)25(30)28-24(29-26)18-10-7-11-20(14-18)31-16-17-8-5-4-6-9-17/h4-11,14,19,24,29H,12-13,15-16H2,1-3H3,(H,28,30)/t19-,24-/m1/s1. The van der Waals surface area contributed by atoms with Crippen molar-refractivity contribution in [3.05, 3.63) is 81.7 Å². The predicted molar refractivity (Wildman–Crippen MR) is 130 cm³/mol. The van der Waals surface area contributed by atoms with Crippen LogP contribution in [0.2, 0.25) is 0 Å². The summed E-state index contributed by atoms with van der Waals surface area (Å²) >= 11 is 1.77. The molecule has 0 saturated heterocycles. The molecule has 3 aromatic rings. The zero-order valence-corrected chi connectivity index (χ0v) is 19.7. The van der Waals surface area contributed by atoms with Crippen LogP contribution in [0, 0.1) is 11.3 Å². The fraction of sp³-hybridized carbons (Fsp3) is 0.370. The number of hydrogen-bond acceptors (Lipinski definition) is 4. The van der Waals surface area contributed by atoms with Crippen LogP contribution in [-0.2, 0) is 19.4 Å². The van der Waals surface area contributed by atoms with Gasteiger partial charge in [-0.2, -0.15) is 0 Å². The third-order valence-corrected chi connectivity index (χ3v) is 7.89. The molecule has 0 radical (unpaired) electrons. The van der Waals surface area contributed by atoms with Crippen LogP contribution in [0.5, 0.6) is 5.75 Å². The van der Waals surface area contributed by atoms with Crippen molar-refractivity contribution in [2.45, 2.75) is 52.8 Å². The average Bonchev–Trinajstić information content (AvgIpc) is 3.16. The second-order valence-corrected chi connectivity index (χ2v) is 11.0. The smallest absolute Gasteiger partial charge is 0.256 e. The van der Waals surface area contributed by atoms with Crippen molar-refractivity contribution < 1.29 is 9.53 Å². The van der Waals surface area contributed by atoms with Gasteiger partial charge in [-0.25, -0.2) is 0 Å². The molecule has 0 bridgehead atoms. The van der Waals surface area contributed by atoms with Crippen LogP contribution >= 0.6 is 11.3 Å². The molecule has 2 aromatic carbocycles. The fourth-order valence-electron chi connectivity index (χ4n) is 4.73. The number of amides is 1. The molecule has 2 heterocycles. The molecule has 32 heavy (non-hydrogen) atoms. The number of thiophene rings is 1. The summed E-state index contributed by atoms with van der Waals surface area (Å²) in [5.74, 6) is 1.49. The van der Waals surface area contributed by atoms with E-state index in [2.05, 4.69) is 43.5 Å². The van der Waals surface area contributed by atoms with Crippen LogP contribution in [0.15, 0.2) is 54.6 Å². The van der Waals surface area contributed by atoms with Crippen molar-refractivity contribution in [1.29, 1.82) is 0 Å². The van der Waals surface area contributed by atoms with Crippen molar-refractivity contribution in [2.75, 3.05) is 5.32 Å². The maximum atomic E-state index is 13.1. The quantitative estimate of drug-likeness (QED) is 0.492. The monoisotopic (exact) mass is 446 g/mol. The molecule has 0 fully saturated rings. The fourth-order valence-corrected chi connectivity index (χ4v) is 6.08. The molecule has 2 aliphatic rings. The number of hydrogen-bond donors (Lipinski definition) is 2. The lowest BCUT2D eigenvalue weighted by Crippen LogP contribution is -2.38. The largest absolute Gasteiger partial charge is 0.489 e. The second-order valence-electron chi connectivity index (χ2n) is 9.91. The lowest BCUT2D eigenvalue weighted by atomic mass is 9.72. The Kier molecular flexibility index (Phi) is 5.46.